The molecule has 0 aliphatic heterocycles. The maximum absolute atomic E-state index is 11.7. The molecule has 0 aliphatic carbocycles. The van der Waals surface area contributed by atoms with Gasteiger partial charge in [0.05, 0.1) is 6.61 Å². The van der Waals surface area contributed by atoms with Gasteiger partial charge in [-0.3, -0.25) is 9.59 Å². The topological polar surface area (TPSA) is 101 Å². The van der Waals surface area contributed by atoms with Gasteiger partial charge in [-0.2, -0.15) is 0 Å². The normalized spacial score (nSPS) is 12.1. The second-order valence-electron chi connectivity index (χ2n) is 3.20. The van der Waals surface area contributed by atoms with Gasteiger partial charge in [0, 0.05) is 6.08 Å². The van der Waals surface area contributed by atoms with Crippen LogP contribution in [0.15, 0.2) is 38.0 Å². The molecule has 0 rings (SSSR count). The van der Waals surface area contributed by atoms with Crippen molar-refractivity contribution < 1.29 is 29.3 Å². The molecule has 18 heavy (non-hydrogen) atoms. The molecule has 0 aromatic rings. The van der Waals surface area contributed by atoms with E-state index >= 15 is 0 Å². The molecule has 98 valence electrons. The maximum Gasteiger partial charge on any atom is 0.331 e. The van der Waals surface area contributed by atoms with E-state index in [1.807, 2.05) is 0 Å². The first kappa shape index (κ1) is 16.0. The van der Waals surface area contributed by atoms with E-state index < -0.39 is 35.8 Å². The molecule has 0 amide bonds. The molecule has 0 aliphatic rings. The second kappa shape index (κ2) is 6.63. The van der Waals surface area contributed by atoms with Crippen molar-refractivity contribution in [3.8, 4) is 0 Å². The van der Waals surface area contributed by atoms with Gasteiger partial charge in [0.2, 0.25) is 11.6 Å². The molecule has 0 saturated heterocycles. The minimum atomic E-state index is -2.58. The van der Waals surface area contributed by atoms with E-state index in [-0.39, 0.29) is 0 Å². The zero-order chi connectivity index (χ0) is 14.3. The molecular weight excluding hydrogens is 240 g/mol. The largest absolute Gasteiger partial charge is 0.436 e. The second-order valence-corrected chi connectivity index (χ2v) is 3.20. The van der Waals surface area contributed by atoms with Crippen LogP contribution in [0.25, 0.3) is 0 Å². The Morgan fingerprint density at radius 1 is 1.11 bits per heavy atom. The lowest BCUT2D eigenvalue weighted by Crippen LogP contribution is -2.59. The number of rotatable bonds is 8. The minimum Gasteiger partial charge on any atom is -0.436 e. The van der Waals surface area contributed by atoms with Gasteiger partial charge < -0.3 is 14.9 Å². The molecule has 0 aromatic carbocycles. The van der Waals surface area contributed by atoms with E-state index in [4.69, 9.17) is 5.11 Å². The molecule has 6 nitrogen and oxygen atoms in total. The number of hydrogen-bond donors (Lipinski definition) is 2. The van der Waals surface area contributed by atoms with E-state index in [2.05, 4.69) is 24.5 Å². The van der Waals surface area contributed by atoms with Gasteiger partial charge in [-0.15, -0.1) is 0 Å². The summed E-state index contributed by atoms with van der Waals surface area (Å²) in [6.07, 6.45) is 0.191. The zero-order valence-corrected chi connectivity index (χ0v) is 9.67. The Kier molecular flexibility index (Phi) is 5.87. The molecule has 0 fully saturated rings. The van der Waals surface area contributed by atoms with Gasteiger partial charge in [-0.1, -0.05) is 19.7 Å². The summed E-state index contributed by atoms with van der Waals surface area (Å²) in [6.45, 7) is 8.43. The van der Waals surface area contributed by atoms with Crippen molar-refractivity contribution in [2.24, 2.45) is 0 Å². The standard InChI is InChI=1S/C12H14O6/c1-4-8(14)12(9(15)5-2,10(16)7-13)18-11(17)6-3/h4-6,10,13,16H,1-3,7H2. The fourth-order valence-electron chi connectivity index (χ4n) is 1.25. The van der Waals surface area contributed by atoms with Crippen LogP contribution in [0.4, 0.5) is 0 Å². The van der Waals surface area contributed by atoms with E-state index in [1.165, 1.54) is 0 Å². The molecule has 0 aromatic heterocycles. The van der Waals surface area contributed by atoms with Gasteiger partial charge >= 0.3 is 5.97 Å². The highest BCUT2D eigenvalue weighted by Gasteiger charge is 2.52. The monoisotopic (exact) mass is 254 g/mol. The van der Waals surface area contributed by atoms with Crippen LogP contribution in [0.3, 0.4) is 0 Å². The molecule has 6 heteroatoms. The molecule has 2 N–H and O–H groups in total. The Labute approximate surface area is 104 Å². The Morgan fingerprint density at radius 2 is 1.56 bits per heavy atom. The smallest absolute Gasteiger partial charge is 0.331 e. The summed E-state index contributed by atoms with van der Waals surface area (Å²) in [5.41, 5.74) is -2.58. The van der Waals surface area contributed by atoms with Crippen LogP contribution in [0, 0.1) is 0 Å². The summed E-state index contributed by atoms with van der Waals surface area (Å²) in [5.74, 6) is -3.23. The van der Waals surface area contributed by atoms with E-state index in [0.717, 1.165) is 0 Å². The molecule has 0 radical (unpaired) electrons. The summed E-state index contributed by atoms with van der Waals surface area (Å²) in [4.78, 5) is 34.6. The maximum atomic E-state index is 11.7. The number of esters is 1. The van der Waals surface area contributed by atoms with Gasteiger partial charge in [0.1, 0.15) is 6.10 Å². The lowest BCUT2D eigenvalue weighted by atomic mass is 9.86. The molecule has 1 atom stereocenters. The van der Waals surface area contributed by atoms with Gasteiger partial charge in [-0.25, -0.2) is 4.79 Å². The van der Waals surface area contributed by atoms with Crippen LogP contribution in [0.1, 0.15) is 0 Å². The fourth-order valence-corrected chi connectivity index (χ4v) is 1.25. The van der Waals surface area contributed by atoms with E-state index in [9.17, 15) is 19.5 Å². The lowest BCUT2D eigenvalue weighted by molar-refractivity contribution is -0.180. The van der Waals surface area contributed by atoms with E-state index in [0.29, 0.717) is 18.2 Å². The highest BCUT2D eigenvalue weighted by atomic mass is 16.6. The van der Waals surface area contributed by atoms with Crippen molar-refractivity contribution in [2.45, 2.75) is 11.7 Å². The van der Waals surface area contributed by atoms with Crippen LogP contribution in [-0.2, 0) is 19.1 Å². The third kappa shape index (κ3) is 2.79. The summed E-state index contributed by atoms with van der Waals surface area (Å²) in [6, 6.07) is 0. The van der Waals surface area contributed by atoms with Crippen molar-refractivity contribution in [2.75, 3.05) is 6.61 Å². The molecule has 0 heterocycles. The van der Waals surface area contributed by atoms with Crippen molar-refractivity contribution in [1.82, 2.24) is 0 Å². The van der Waals surface area contributed by atoms with Crippen LogP contribution < -0.4 is 0 Å². The van der Waals surface area contributed by atoms with Gasteiger partial charge in [0.25, 0.3) is 5.60 Å². The number of hydrogen-bond acceptors (Lipinski definition) is 6. The summed E-state index contributed by atoms with van der Waals surface area (Å²) in [7, 11) is 0. The number of aliphatic hydroxyl groups excluding tert-OH is 2. The van der Waals surface area contributed by atoms with Crippen molar-refractivity contribution >= 4 is 17.5 Å². The third-order valence-electron chi connectivity index (χ3n) is 2.17. The van der Waals surface area contributed by atoms with E-state index in [1.54, 1.807) is 0 Å². The summed E-state index contributed by atoms with van der Waals surface area (Å²) < 4.78 is 4.64. The molecule has 0 saturated carbocycles. The zero-order valence-electron chi connectivity index (χ0n) is 9.67. The average Bonchev–Trinajstić information content (AvgIpc) is 2.41. The number of carbonyl (C=O) groups excluding carboxylic acids is 3. The lowest BCUT2D eigenvalue weighted by Gasteiger charge is -2.31. The van der Waals surface area contributed by atoms with Crippen molar-refractivity contribution in [3.63, 3.8) is 0 Å². The molecule has 0 bridgehead atoms. The number of carbonyl (C=O) groups is 3. The van der Waals surface area contributed by atoms with Crippen molar-refractivity contribution in [3.05, 3.63) is 38.0 Å². The Bertz CT molecular complexity index is 375. The van der Waals surface area contributed by atoms with Crippen LogP contribution >= 0.6 is 0 Å². The Balaban J connectivity index is 5.83. The first-order valence-corrected chi connectivity index (χ1v) is 4.88. The van der Waals surface area contributed by atoms with Crippen LogP contribution in [-0.4, -0.2) is 46.1 Å². The number of ketones is 2. The average molecular weight is 254 g/mol. The fraction of sp³-hybridized carbons (Fsp3) is 0.250. The first-order valence-electron chi connectivity index (χ1n) is 4.88. The summed E-state index contributed by atoms with van der Waals surface area (Å²) >= 11 is 0. The third-order valence-corrected chi connectivity index (χ3v) is 2.17. The minimum absolute atomic E-state index is 0.705. The highest BCUT2D eigenvalue weighted by Crippen LogP contribution is 2.22. The van der Waals surface area contributed by atoms with Gasteiger partial charge in [0.15, 0.2) is 0 Å². The van der Waals surface area contributed by atoms with Crippen molar-refractivity contribution in [1.29, 1.82) is 0 Å². The predicted octanol–water partition coefficient (Wildman–Crippen LogP) is -0.682. The molecule has 1 unspecified atom stereocenters. The van der Waals surface area contributed by atoms with Crippen LogP contribution in [0.5, 0.6) is 0 Å². The van der Waals surface area contributed by atoms with Crippen LogP contribution in [0.2, 0.25) is 0 Å². The predicted molar refractivity (Wildman–Crippen MR) is 62.5 cm³/mol. The molecular formula is C12H14O6. The quantitative estimate of drug-likeness (QED) is 0.338. The highest BCUT2D eigenvalue weighted by molar-refractivity contribution is 6.20. The summed E-state index contributed by atoms with van der Waals surface area (Å²) in [5, 5.41) is 18.5. The van der Waals surface area contributed by atoms with Gasteiger partial charge in [-0.05, 0) is 12.2 Å². The first-order chi connectivity index (χ1) is 8.40. The SMILES string of the molecule is C=CC(=O)OC(C(=O)C=C)(C(=O)C=C)C(O)CO. The molecule has 0 spiro atoms. The Morgan fingerprint density at radius 3 is 1.83 bits per heavy atom. The number of aliphatic hydroxyl groups is 2. The Hall–Kier alpha value is -2.05. The number of ether oxygens (including phenoxy) is 1.